The van der Waals surface area contributed by atoms with Crippen LogP contribution in [0.3, 0.4) is 0 Å². The fourth-order valence-corrected chi connectivity index (χ4v) is 2.32. The van der Waals surface area contributed by atoms with E-state index in [2.05, 4.69) is 18.7 Å². The van der Waals surface area contributed by atoms with Crippen molar-refractivity contribution >= 4 is 0 Å². The molecule has 0 atom stereocenters. The summed E-state index contributed by atoms with van der Waals surface area (Å²) in [5.41, 5.74) is 0. The van der Waals surface area contributed by atoms with Crippen LogP contribution in [0.4, 0.5) is 0 Å². The molecule has 0 radical (unpaired) electrons. The second-order valence-corrected chi connectivity index (χ2v) is 4.86. The van der Waals surface area contributed by atoms with Crippen LogP contribution in [0, 0.1) is 0 Å². The molecule has 120 valence electrons. The molecule has 0 aliphatic carbocycles. The minimum Gasteiger partial charge on any atom is -1.00 e. The Morgan fingerprint density at radius 2 is 1.86 bits per heavy atom. The van der Waals surface area contributed by atoms with Gasteiger partial charge in [-0.3, -0.25) is 0 Å². The molecule has 21 heavy (non-hydrogen) atoms. The average Bonchev–Trinajstić information content (AvgIpc) is 2.51. The van der Waals surface area contributed by atoms with E-state index >= 15 is 0 Å². The molecule has 0 saturated heterocycles. The van der Waals surface area contributed by atoms with Crippen LogP contribution >= 0.6 is 0 Å². The molecular weight excluding hydrogens is 290 g/mol. The molecule has 1 aromatic carbocycles. The summed E-state index contributed by atoms with van der Waals surface area (Å²) in [7, 11) is 0. The van der Waals surface area contributed by atoms with Gasteiger partial charge in [0.1, 0.15) is 13.2 Å². The standard InChI is InChI=1S/C16H25NO3.ClH/c1-3-17(4-2)10-5-6-11-18-14-8-7-9-15-16(14)20-13-12-19-15;/h7-9H,3-6,10-13H2,1-2H3;1H/p-1. The van der Waals surface area contributed by atoms with Crippen molar-refractivity contribution in [2.75, 3.05) is 39.5 Å². The highest BCUT2D eigenvalue weighted by Gasteiger charge is 2.16. The Kier molecular flexibility index (Phi) is 8.31. The molecule has 1 aliphatic heterocycles. The summed E-state index contributed by atoms with van der Waals surface area (Å²) >= 11 is 0. The maximum atomic E-state index is 5.83. The number of hydrogen-bond donors (Lipinski definition) is 0. The van der Waals surface area contributed by atoms with Gasteiger partial charge in [-0.25, -0.2) is 0 Å². The summed E-state index contributed by atoms with van der Waals surface area (Å²) in [6.45, 7) is 9.71. The third kappa shape index (κ3) is 5.29. The SMILES string of the molecule is CCN(CC)CCCCOc1cccc2c1OCCO2.[Cl-]. The van der Waals surface area contributed by atoms with Gasteiger partial charge in [0, 0.05) is 0 Å². The highest BCUT2D eigenvalue weighted by molar-refractivity contribution is 5.51. The number of ether oxygens (including phenoxy) is 3. The quantitative estimate of drug-likeness (QED) is 0.630. The number of nitrogens with zero attached hydrogens (tertiary/aromatic N) is 1. The maximum absolute atomic E-state index is 5.83. The van der Waals surface area contributed by atoms with Crippen molar-refractivity contribution < 1.29 is 26.6 Å². The Labute approximate surface area is 133 Å². The molecule has 0 fully saturated rings. The van der Waals surface area contributed by atoms with E-state index in [1.54, 1.807) is 0 Å². The minimum absolute atomic E-state index is 0. The van der Waals surface area contributed by atoms with Crippen LogP contribution in [0.1, 0.15) is 26.7 Å². The van der Waals surface area contributed by atoms with E-state index in [1.165, 1.54) is 0 Å². The van der Waals surface area contributed by atoms with Gasteiger partial charge in [-0.2, -0.15) is 0 Å². The van der Waals surface area contributed by atoms with E-state index in [1.807, 2.05) is 18.2 Å². The second-order valence-electron chi connectivity index (χ2n) is 4.86. The van der Waals surface area contributed by atoms with E-state index in [0.717, 1.165) is 56.3 Å². The smallest absolute Gasteiger partial charge is 0.203 e. The van der Waals surface area contributed by atoms with E-state index in [0.29, 0.717) is 13.2 Å². The normalized spacial score (nSPS) is 12.9. The Balaban J connectivity index is 0.00000220. The summed E-state index contributed by atoms with van der Waals surface area (Å²) in [6.07, 6.45) is 2.22. The molecule has 0 unspecified atom stereocenters. The van der Waals surface area contributed by atoms with Gasteiger partial charge in [-0.1, -0.05) is 19.9 Å². The van der Waals surface area contributed by atoms with Gasteiger partial charge in [-0.15, -0.1) is 0 Å². The molecule has 0 saturated carbocycles. The average molecular weight is 315 g/mol. The number of unbranched alkanes of at least 4 members (excludes halogenated alkanes) is 1. The van der Waals surface area contributed by atoms with Gasteiger partial charge in [0.2, 0.25) is 5.75 Å². The molecule has 0 amide bonds. The van der Waals surface area contributed by atoms with Crippen LogP contribution in [0.15, 0.2) is 18.2 Å². The van der Waals surface area contributed by atoms with Crippen LogP contribution in [-0.2, 0) is 0 Å². The zero-order chi connectivity index (χ0) is 14.2. The highest BCUT2D eigenvalue weighted by atomic mass is 35.5. The Morgan fingerprint density at radius 3 is 2.62 bits per heavy atom. The predicted octanol–water partition coefficient (Wildman–Crippen LogP) is -0.0374. The molecule has 0 spiro atoms. The number of hydrogen-bond acceptors (Lipinski definition) is 4. The molecular formula is C16H25ClNO3-. The van der Waals surface area contributed by atoms with Crippen LogP contribution in [-0.4, -0.2) is 44.4 Å². The largest absolute Gasteiger partial charge is 1.00 e. The minimum atomic E-state index is 0. The monoisotopic (exact) mass is 314 g/mol. The first kappa shape index (κ1) is 17.9. The lowest BCUT2D eigenvalue weighted by Gasteiger charge is -2.21. The highest BCUT2D eigenvalue weighted by Crippen LogP contribution is 2.38. The number of para-hydroxylation sites is 1. The molecule has 5 heteroatoms. The summed E-state index contributed by atoms with van der Waals surface area (Å²) in [5.74, 6) is 2.34. The van der Waals surface area contributed by atoms with E-state index in [9.17, 15) is 0 Å². The lowest BCUT2D eigenvalue weighted by Crippen LogP contribution is -3.00. The fraction of sp³-hybridized carbons (Fsp3) is 0.625. The summed E-state index contributed by atoms with van der Waals surface area (Å²) in [4.78, 5) is 2.43. The van der Waals surface area contributed by atoms with Gasteiger partial charge in [0.05, 0.1) is 6.61 Å². The van der Waals surface area contributed by atoms with Crippen molar-refractivity contribution in [2.45, 2.75) is 26.7 Å². The molecule has 4 nitrogen and oxygen atoms in total. The van der Waals surface area contributed by atoms with Crippen LogP contribution in [0.2, 0.25) is 0 Å². The molecule has 1 heterocycles. The lowest BCUT2D eigenvalue weighted by atomic mass is 10.2. The van der Waals surface area contributed by atoms with Gasteiger partial charge in [0.25, 0.3) is 0 Å². The Bertz CT molecular complexity index is 411. The van der Waals surface area contributed by atoms with Crippen molar-refractivity contribution in [3.05, 3.63) is 18.2 Å². The first-order chi connectivity index (χ1) is 9.85. The molecule has 0 N–H and O–H groups in total. The third-order valence-electron chi connectivity index (χ3n) is 3.55. The van der Waals surface area contributed by atoms with Crippen molar-refractivity contribution in [3.8, 4) is 17.2 Å². The zero-order valence-electron chi connectivity index (χ0n) is 12.9. The number of rotatable bonds is 8. The molecule has 0 bridgehead atoms. The molecule has 0 aromatic heterocycles. The van der Waals surface area contributed by atoms with Crippen LogP contribution in [0.25, 0.3) is 0 Å². The Morgan fingerprint density at radius 1 is 1.10 bits per heavy atom. The van der Waals surface area contributed by atoms with Crippen molar-refractivity contribution in [1.82, 2.24) is 4.90 Å². The van der Waals surface area contributed by atoms with Gasteiger partial charge >= 0.3 is 0 Å². The zero-order valence-corrected chi connectivity index (χ0v) is 13.7. The van der Waals surface area contributed by atoms with Crippen molar-refractivity contribution in [1.29, 1.82) is 0 Å². The summed E-state index contributed by atoms with van der Waals surface area (Å²) < 4.78 is 17.0. The van der Waals surface area contributed by atoms with Crippen LogP contribution < -0.4 is 26.6 Å². The van der Waals surface area contributed by atoms with Gasteiger partial charge in [0.15, 0.2) is 11.5 Å². The predicted molar refractivity (Wildman–Crippen MR) is 79.9 cm³/mol. The number of benzene rings is 1. The van der Waals surface area contributed by atoms with Crippen LogP contribution in [0.5, 0.6) is 17.2 Å². The van der Waals surface area contributed by atoms with Gasteiger partial charge < -0.3 is 31.5 Å². The van der Waals surface area contributed by atoms with Crippen molar-refractivity contribution in [3.63, 3.8) is 0 Å². The first-order valence-electron chi connectivity index (χ1n) is 7.59. The molecule has 1 aliphatic rings. The lowest BCUT2D eigenvalue weighted by molar-refractivity contribution is -0.00000524. The second kappa shape index (κ2) is 9.74. The third-order valence-corrected chi connectivity index (χ3v) is 3.55. The van der Waals surface area contributed by atoms with E-state index < -0.39 is 0 Å². The maximum Gasteiger partial charge on any atom is 0.203 e. The topological polar surface area (TPSA) is 30.9 Å². The molecule has 1 aromatic rings. The number of halogens is 1. The number of fused-ring (bicyclic) bond motifs is 1. The van der Waals surface area contributed by atoms with E-state index in [-0.39, 0.29) is 12.4 Å². The van der Waals surface area contributed by atoms with Gasteiger partial charge in [-0.05, 0) is 44.6 Å². The summed E-state index contributed by atoms with van der Waals surface area (Å²) in [5, 5.41) is 0. The summed E-state index contributed by atoms with van der Waals surface area (Å²) in [6, 6.07) is 5.80. The Hall–Kier alpha value is -1.13. The molecule has 2 rings (SSSR count). The fourth-order valence-electron chi connectivity index (χ4n) is 2.32. The van der Waals surface area contributed by atoms with Crippen molar-refractivity contribution in [2.24, 2.45) is 0 Å². The first-order valence-corrected chi connectivity index (χ1v) is 7.59. The van der Waals surface area contributed by atoms with E-state index in [4.69, 9.17) is 14.2 Å².